The zero-order chi connectivity index (χ0) is 24.9. The lowest BCUT2D eigenvalue weighted by molar-refractivity contribution is -0.132. The molecule has 0 aromatic heterocycles. The smallest absolute Gasteiger partial charge is 0.308 e. The van der Waals surface area contributed by atoms with Crippen LogP contribution in [0, 0.1) is 5.92 Å². The van der Waals surface area contributed by atoms with Crippen molar-refractivity contribution in [3.8, 4) is 11.5 Å². The summed E-state index contributed by atoms with van der Waals surface area (Å²) >= 11 is 0. The second-order valence-electron chi connectivity index (χ2n) is 10.1. The molecule has 2 unspecified atom stereocenters. The van der Waals surface area contributed by atoms with Crippen molar-refractivity contribution in [2.45, 2.75) is 83.9 Å². The number of amides is 1. The molecule has 188 valence electrons. The van der Waals surface area contributed by atoms with E-state index < -0.39 is 0 Å². The van der Waals surface area contributed by atoms with Crippen molar-refractivity contribution >= 4 is 17.6 Å². The van der Waals surface area contributed by atoms with Gasteiger partial charge in [0.25, 0.3) is 0 Å². The predicted octanol–water partition coefficient (Wildman–Crippen LogP) is 5.59. The molecule has 6 nitrogen and oxygen atoms in total. The maximum Gasteiger partial charge on any atom is 0.308 e. The van der Waals surface area contributed by atoms with Gasteiger partial charge in [-0.05, 0) is 50.5 Å². The summed E-state index contributed by atoms with van der Waals surface area (Å²) in [5, 5.41) is 3.17. The lowest BCUT2D eigenvalue weighted by Crippen LogP contribution is -2.55. The molecule has 2 aromatic rings. The summed E-state index contributed by atoms with van der Waals surface area (Å²) in [4.78, 5) is 26.2. The van der Waals surface area contributed by atoms with Gasteiger partial charge in [-0.3, -0.25) is 9.59 Å². The summed E-state index contributed by atoms with van der Waals surface area (Å²) in [6.45, 7) is 5.09. The molecule has 0 spiro atoms. The van der Waals surface area contributed by atoms with Crippen LogP contribution >= 0.6 is 0 Å². The maximum atomic E-state index is 12.0. The van der Waals surface area contributed by atoms with E-state index in [0.29, 0.717) is 11.5 Å². The van der Waals surface area contributed by atoms with Crippen LogP contribution in [0.5, 0.6) is 11.5 Å². The third-order valence-corrected chi connectivity index (χ3v) is 7.35. The van der Waals surface area contributed by atoms with Crippen LogP contribution in [0.2, 0.25) is 0 Å². The zero-order valence-electron chi connectivity index (χ0n) is 21.4. The van der Waals surface area contributed by atoms with E-state index in [1.807, 2.05) is 19.2 Å². The monoisotopic (exact) mass is 478 g/mol. The molecule has 0 saturated heterocycles. The summed E-state index contributed by atoms with van der Waals surface area (Å²) < 4.78 is 12.1. The van der Waals surface area contributed by atoms with Crippen LogP contribution in [0.4, 0.5) is 5.69 Å². The number of carbonyl (C=O) groups is 2. The number of esters is 1. The number of benzene rings is 2. The van der Waals surface area contributed by atoms with Gasteiger partial charge in [-0.25, -0.2) is 0 Å². The SMILES string of the molecule is CC(=O)N[C@@H]1[C@@H]2CCCCC2c2c(OC(C)=O)cc(OC(C)CCCc3ccccc3)cc2N1C. The van der Waals surface area contributed by atoms with Crippen molar-refractivity contribution in [3.63, 3.8) is 0 Å². The Morgan fingerprint density at radius 1 is 1.11 bits per heavy atom. The Bertz CT molecular complexity index is 1040. The average Bonchev–Trinajstić information content (AvgIpc) is 2.81. The van der Waals surface area contributed by atoms with Gasteiger partial charge in [-0.1, -0.05) is 43.2 Å². The van der Waals surface area contributed by atoms with E-state index >= 15 is 0 Å². The largest absolute Gasteiger partial charge is 0.491 e. The van der Waals surface area contributed by atoms with Gasteiger partial charge in [-0.15, -0.1) is 0 Å². The molecular weight excluding hydrogens is 440 g/mol. The van der Waals surface area contributed by atoms with E-state index in [2.05, 4.69) is 47.5 Å². The molecule has 4 atom stereocenters. The molecule has 1 heterocycles. The molecule has 4 rings (SSSR count). The highest BCUT2D eigenvalue weighted by Crippen LogP contribution is 2.52. The van der Waals surface area contributed by atoms with Crippen LogP contribution in [0.15, 0.2) is 42.5 Å². The maximum absolute atomic E-state index is 12.0. The summed E-state index contributed by atoms with van der Waals surface area (Å²) in [5.41, 5.74) is 3.37. The van der Waals surface area contributed by atoms with Crippen LogP contribution in [-0.2, 0) is 16.0 Å². The highest BCUT2D eigenvalue weighted by atomic mass is 16.5. The number of ether oxygens (including phenoxy) is 2. The fraction of sp³-hybridized carbons (Fsp3) is 0.517. The van der Waals surface area contributed by atoms with Crippen LogP contribution in [0.3, 0.4) is 0 Å². The van der Waals surface area contributed by atoms with Crippen molar-refractivity contribution in [1.29, 1.82) is 0 Å². The molecule has 35 heavy (non-hydrogen) atoms. The zero-order valence-corrected chi connectivity index (χ0v) is 21.4. The first-order valence-corrected chi connectivity index (χ1v) is 12.9. The molecule has 1 aliphatic heterocycles. The van der Waals surface area contributed by atoms with Gasteiger partial charge < -0.3 is 19.7 Å². The summed E-state index contributed by atoms with van der Waals surface area (Å²) in [6, 6.07) is 14.4. The molecule has 0 bridgehead atoms. The fourth-order valence-electron chi connectivity index (χ4n) is 5.83. The Kier molecular flexibility index (Phi) is 7.99. The molecule has 6 heteroatoms. The van der Waals surface area contributed by atoms with E-state index in [4.69, 9.17) is 9.47 Å². The van der Waals surface area contributed by atoms with E-state index in [9.17, 15) is 9.59 Å². The Hall–Kier alpha value is -3.02. The van der Waals surface area contributed by atoms with E-state index in [0.717, 1.165) is 56.2 Å². The highest BCUT2D eigenvalue weighted by molar-refractivity contribution is 5.76. The minimum absolute atomic E-state index is 0.0180. The second-order valence-corrected chi connectivity index (χ2v) is 10.1. The quantitative estimate of drug-likeness (QED) is 0.396. The van der Waals surface area contributed by atoms with E-state index in [1.165, 1.54) is 12.5 Å². The first kappa shape index (κ1) is 25.1. The molecule has 1 saturated carbocycles. The number of nitrogens with zero attached hydrogens (tertiary/aromatic N) is 1. The molecule has 2 aromatic carbocycles. The summed E-state index contributed by atoms with van der Waals surface area (Å²) in [6.07, 6.45) is 7.23. The first-order valence-electron chi connectivity index (χ1n) is 12.9. The lowest BCUT2D eigenvalue weighted by atomic mass is 9.70. The number of aryl methyl sites for hydroxylation is 1. The number of rotatable bonds is 8. The summed E-state index contributed by atoms with van der Waals surface area (Å²) in [7, 11) is 2.01. The molecule has 1 N–H and O–H groups in total. The fourth-order valence-corrected chi connectivity index (χ4v) is 5.83. The topological polar surface area (TPSA) is 67.9 Å². The van der Waals surface area contributed by atoms with Gasteiger partial charge >= 0.3 is 5.97 Å². The highest BCUT2D eigenvalue weighted by Gasteiger charge is 2.43. The van der Waals surface area contributed by atoms with Crippen LogP contribution in [0.25, 0.3) is 0 Å². The number of hydrogen-bond donors (Lipinski definition) is 1. The number of anilines is 1. The average molecular weight is 479 g/mol. The number of hydrogen-bond acceptors (Lipinski definition) is 5. The molecule has 1 fully saturated rings. The van der Waals surface area contributed by atoms with Gasteiger partial charge in [0.05, 0.1) is 6.10 Å². The van der Waals surface area contributed by atoms with Crippen molar-refractivity contribution in [3.05, 3.63) is 53.6 Å². The number of nitrogens with one attached hydrogen (secondary N) is 1. The van der Waals surface area contributed by atoms with E-state index in [-0.39, 0.29) is 36.0 Å². The first-order chi connectivity index (χ1) is 16.8. The molecule has 2 aliphatic rings. The third kappa shape index (κ3) is 5.98. The van der Waals surface area contributed by atoms with Crippen molar-refractivity contribution < 1.29 is 19.1 Å². The third-order valence-electron chi connectivity index (χ3n) is 7.35. The Labute approximate surface area is 209 Å². The minimum atomic E-state index is -0.334. The van der Waals surface area contributed by atoms with Crippen molar-refractivity contribution in [1.82, 2.24) is 5.32 Å². The van der Waals surface area contributed by atoms with Gasteiger partial charge in [0.1, 0.15) is 17.7 Å². The van der Waals surface area contributed by atoms with Crippen molar-refractivity contribution in [2.24, 2.45) is 5.92 Å². The number of fused-ring (bicyclic) bond motifs is 3. The molecule has 1 amide bonds. The van der Waals surface area contributed by atoms with Gasteiger partial charge in [0, 0.05) is 50.2 Å². The van der Waals surface area contributed by atoms with Crippen LogP contribution < -0.4 is 19.7 Å². The number of carbonyl (C=O) groups excluding carboxylic acids is 2. The Morgan fingerprint density at radius 2 is 1.86 bits per heavy atom. The second kappa shape index (κ2) is 11.1. The van der Waals surface area contributed by atoms with Gasteiger partial charge in [0.15, 0.2) is 0 Å². The lowest BCUT2D eigenvalue weighted by Gasteiger charge is -2.48. The van der Waals surface area contributed by atoms with Crippen LogP contribution in [0.1, 0.15) is 76.3 Å². The van der Waals surface area contributed by atoms with E-state index in [1.54, 1.807) is 6.92 Å². The minimum Gasteiger partial charge on any atom is -0.491 e. The molecular formula is C29H38N2O4. The normalized spacial score (nSPS) is 21.9. The van der Waals surface area contributed by atoms with Gasteiger partial charge in [0.2, 0.25) is 5.91 Å². The summed E-state index contributed by atoms with van der Waals surface area (Å²) in [5.74, 6) is 1.43. The Morgan fingerprint density at radius 3 is 2.57 bits per heavy atom. The standard InChI is InChI=1S/C29H38N2O4/c1-19(11-10-14-22-12-6-5-7-13-22)34-23-17-26-28(27(18-23)35-21(3)33)24-15-8-9-16-25(24)29(31(26)4)30-20(2)32/h5-7,12-13,17-19,24-25,29H,8-11,14-16H2,1-4H3,(H,30,32)/t19?,24?,25-,29+/m1/s1. The molecule has 1 aliphatic carbocycles. The van der Waals surface area contributed by atoms with Crippen molar-refractivity contribution in [2.75, 3.05) is 11.9 Å². The predicted molar refractivity (Wildman–Crippen MR) is 138 cm³/mol. The van der Waals surface area contributed by atoms with Gasteiger partial charge in [-0.2, -0.15) is 0 Å². The van der Waals surface area contributed by atoms with Crippen LogP contribution in [-0.4, -0.2) is 31.2 Å². The molecule has 0 radical (unpaired) electrons. The Balaban J connectivity index is 1.58.